The molecule has 1 heterocycles. The predicted octanol–water partition coefficient (Wildman–Crippen LogP) is 2.04. The molecule has 1 saturated heterocycles. The molecule has 2 heteroatoms. The van der Waals surface area contributed by atoms with Crippen molar-refractivity contribution in [1.82, 2.24) is 0 Å². The Morgan fingerprint density at radius 3 is 2.67 bits per heavy atom. The molecule has 2 rings (SSSR count). The van der Waals surface area contributed by atoms with Crippen LogP contribution in [0.2, 0.25) is 0 Å². The van der Waals surface area contributed by atoms with E-state index in [0.717, 1.165) is 18.4 Å². The van der Waals surface area contributed by atoms with Crippen LogP contribution in [0.25, 0.3) is 0 Å². The fourth-order valence-corrected chi connectivity index (χ4v) is 2.37. The second-order valence-electron chi connectivity index (χ2n) is 4.38. The molecule has 2 nitrogen and oxygen atoms in total. The van der Waals surface area contributed by atoms with E-state index >= 15 is 0 Å². The average Bonchev–Trinajstić information content (AvgIpc) is 2.07. The van der Waals surface area contributed by atoms with E-state index in [-0.39, 0.29) is 0 Å². The Kier molecular flexibility index (Phi) is 2.37. The SMILES string of the molecule is CC1CC2COCOC2CC1C. The average molecular weight is 170 g/mol. The Bertz CT molecular complexity index is 140. The maximum atomic E-state index is 5.58. The highest BCUT2D eigenvalue weighted by atomic mass is 16.7. The Balaban J connectivity index is 1.98. The zero-order chi connectivity index (χ0) is 8.55. The zero-order valence-corrected chi connectivity index (χ0v) is 7.95. The van der Waals surface area contributed by atoms with Gasteiger partial charge in [-0.05, 0) is 24.7 Å². The minimum Gasteiger partial charge on any atom is -0.355 e. The highest BCUT2D eigenvalue weighted by Crippen LogP contribution is 2.36. The minimum atomic E-state index is 0.491. The van der Waals surface area contributed by atoms with E-state index in [4.69, 9.17) is 9.47 Å². The van der Waals surface area contributed by atoms with E-state index in [0.29, 0.717) is 18.8 Å². The van der Waals surface area contributed by atoms with Crippen LogP contribution in [0.15, 0.2) is 0 Å². The fraction of sp³-hybridized carbons (Fsp3) is 1.00. The Labute approximate surface area is 74.2 Å². The van der Waals surface area contributed by atoms with Crippen LogP contribution in [0, 0.1) is 17.8 Å². The number of fused-ring (bicyclic) bond motifs is 1. The number of rotatable bonds is 0. The van der Waals surface area contributed by atoms with Gasteiger partial charge >= 0.3 is 0 Å². The van der Waals surface area contributed by atoms with Crippen LogP contribution in [0.3, 0.4) is 0 Å². The molecule has 0 bridgehead atoms. The summed E-state index contributed by atoms with van der Waals surface area (Å²) in [6.07, 6.45) is 3.01. The summed E-state index contributed by atoms with van der Waals surface area (Å²) < 4.78 is 10.9. The van der Waals surface area contributed by atoms with Crippen LogP contribution in [0.1, 0.15) is 26.7 Å². The Morgan fingerprint density at radius 1 is 1.08 bits per heavy atom. The lowest BCUT2D eigenvalue weighted by Gasteiger charge is -2.41. The summed E-state index contributed by atoms with van der Waals surface area (Å²) >= 11 is 0. The fourth-order valence-electron chi connectivity index (χ4n) is 2.37. The predicted molar refractivity (Wildman–Crippen MR) is 46.7 cm³/mol. The van der Waals surface area contributed by atoms with Crippen molar-refractivity contribution in [3.8, 4) is 0 Å². The summed E-state index contributed by atoms with van der Waals surface area (Å²) in [5, 5.41) is 0. The lowest BCUT2D eigenvalue weighted by Crippen LogP contribution is -2.41. The van der Waals surface area contributed by atoms with Gasteiger partial charge in [0.1, 0.15) is 6.79 Å². The van der Waals surface area contributed by atoms with Crippen molar-refractivity contribution in [3.05, 3.63) is 0 Å². The zero-order valence-electron chi connectivity index (χ0n) is 7.95. The molecular formula is C10H18O2. The van der Waals surface area contributed by atoms with E-state index in [1.54, 1.807) is 0 Å². The molecule has 1 saturated carbocycles. The van der Waals surface area contributed by atoms with Gasteiger partial charge in [-0.15, -0.1) is 0 Å². The molecule has 1 aliphatic carbocycles. The van der Waals surface area contributed by atoms with Gasteiger partial charge < -0.3 is 9.47 Å². The molecule has 0 aromatic carbocycles. The molecule has 1 aliphatic heterocycles. The third-order valence-corrected chi connectivity index (χ3v) is 3.47. The van der Waals surface area contributed by atoms with Gasteiger partial charge in [0.15, 0.2) is 0 Å². The highest BCUT2D eigenvalue weighted by Gasteiger charge is 2.35. The van der Waals surface area contributed by atoms with Crippen LogP contribution in [0.4, 0.5) is 0 Å². The molecular weight excluding hydrogens is 152 g/mol. The van der Waals surface area contributed by atoms with Gasteiger partial charge in [-0.25, -0.2) is 0 Å². The summed E-state index contributed by atoms with van der Waals surface area (Å²) in [5.41, 5.74) is 0. The van der Waals surface area contributed by atoms with Crippen molar-refractivity contribution in [1.29, 1.82) is 0 Å². The van der Waals surface area contributed by atoms with Gasteiger partial charge in [-0.1, -0.05) is 13.8 Å². The van der Waals surface area contributed by atoms with Crippen LogP contribution in [-0.2, 0) is 9.47 Å². The van der Waals surface area contributed by atoms with Gasteiger partial charge in [-0.3, -0.25) is 0 Å². The smallest absolute Gasteiger partial charge is 0.147 e. The highest BCUT2D eigenvalue weighted by molar-refractivity contribution is 4.83. The molecule has 0 radical (unpaired) electrons. The van der Waals surface area contributed by atoms with Gasteiger partial charge in [0.2, 0.25) is 0 Å². The molecule has 0 spiro atoms. The molecule has 0 amide bonds. The van der Waals surface area contributed by atoms with Crippen LogP contribution < -0.4 is 0 Å². The first kappa shape index (κ1) is 8.52. The normalized spacial score (nSPS) is 48.5. The first-order chi connectivity index (χ1) is 5.77. The molecule has 2 fully saturated rings. The van der Waals surface area contributed by atoms with Crippen LogP contribution in [-0.4, -0.2) is 19.5 Å². The van der Waals surface area contributed by atoms with E-state index in [9.17, 15) is 0 Å². The number of hydrogen-bond acceptors (Lipinski definition) is 2. The van der Waals surface area contributed by atoms with Gasteiger partial charge in [-0.2, -0.15) is 0 Å². The first-order valence-corrected chi connectivity index (χ1v) is 4.96. The molecule has 4 atom stereocenters. The minimum absolute atomic E-state index is 0.491. The van der Waals surface area contributed by atoms with Crippen molar-refractivity contribution in [3.63, 3.8) is 0 Å². The monoisotopic (exact) mass is 170 g/mol. The maximum Gasteiger partial charge on any atom is 0.147 e. The van der Waals surface area contributed by atoms with Crippen molar-refractivity contribution < 1.29 is 9.47 Å². The van der Waals surface area contributed by atoms with Gasteiger partial charge in [0.05, 0.1) is 12.7 Å². The molecule has 70 valence electrons. The number of hydrogen-bond donors (Lipinski definition) is 0. The summed E-state index contributed by atoms with van der Waals surface area (Å²) in [6.45, 7) is 6.11. The van der Waals surface area contributed by atoms with E-state index < -0.39 is 0 Å². The van der Waals surface area contributed by atoms with Crippen molar-refractivity contribution >= 4 is 0 Å². The summed E-state index contributed by atoms with van der Waals surface area (Å²) in [7, 11) is 0. The third-order valence-electron chi connectivity index (χ3n) is 3.47. The quantitative estimate of drug-likeness (QED) is 0.554. The molecule has 0 aromatic heterocycles. The maximum absolute atomic E-state index is 5.58. The second-order valence-corrected chi connectivity index (χ2v) is 4.38. The van der Waals surface area contributed by atoms with Crippen LogP contribution in [0.5, 0.6) is 0 Å². The Hall–Kier alpha value is -0.0800. The number of ether oxygens (including phenoxy) is 2. The van der Waals surface area contributed by atoms with Crippen molar-refractivity contribution in [2.45, 2.75) is 32.8 Å². The first-order valence-electron chi connectivity index (χ1n) is 4.96. The molecule has 0 aromatic rings. The molecule has 12 heavy (non-hydrogen) atoms. The van der Waals surface area contributed by atoms with E-state index in [1.165, 1.54) is 12.8 Å². The summed E-state index contributed by atoms with van der Waals surface area (Å²) in [4.78, 5) is 0. The van der Waals surface area contributed by atoms with E-state index in [1.807, 2.05) is 0 Å². The molecule has 4 unspecified atom stereocenters. The third kappa shape index (κ3) is 1.50. The standard InChI is InChI=1S/C10H18O2/c1-7-3-9-5-11-6-12-10(9)4-8(7)2/h7-10H,3-6H2,1-2H3. The summed E-state index contributed by atoms with van der Waals surface area (Å²) in [6, 6.07) is 0. The summed E-state index contributed by atoms with van der Waals surface area (Å²) in [5.74, 6) is 2.34. The lowest BCUT2D eigenvalue weighted by molar-refractivity contribution is -0.190. The topological polar surface area (TPSA) is 18.5 Å². The molecule has 0 N–H and O–H groups in total. The van der Waals surface area contributed by atoms with Crippen molar-refractivity contribution in [2.75, 3.05) is 13.4 Å². The molecule has 2 aliphatic rings. The van der Waals surface area contributed by atoms with Crippen LogP contribution >= 0.6 is 0 Å². The Morgan fingerprint density at radius 2 is 1.83 bits per heavy atom. The van der Waals surface area contributed by atoms with E-state index in [2.05, 4.69) is 13.8 Å². The largest absolute Gasteiger partial charge is 0.355 e. The van der Waals surface area contributed by atoms with Gasteiger partial charge in [0.25, 0.3) is 0 Å². The second kappa shape index (κ2) is 3.35. The lowest BCUT2D eigenvalue weighted by atomic mass is 9.74. The van der Waals surface area contributed by atoms with Gasteiger partial charge in [0, 0.05) is 5.92 Å². The van der Waals surface area contributed by atoms with Crippen molar-refractivity contribution in [2.24, 2.45) is 17.8 Å².